The summed E-state index contributed by atoms with van der Waals surface area (Å²) in [6.07, 6.45) is 6.39. The smallest absolute Gasteiger partial charge is 0.252 e. The molecule has 0 fully saturated rings. The van der Waals surface area contributed by atoms with E-state index in [0.717, 1.165) is 66.8 Å². The van der Waals surface area contributed by atoms with E-state index in [4.69, 9.17) is 9.47 Å². The van der Waals surface area contributed by atoms with Crippen LogP contribution in [0.3, 0.4) is 0 Å². The first-order valence-corrected chi connectivity index (χ1v) is 21.6. The van der Waals surface area contributed by atoms with Crippen LogP contribution in [0, 0.1) is 24.7 Å². The van der Waals surface area contributed by atoms with Crippen molar-refractivity contribution < 1.29 is 9.47 Å². The largest absolute Gasteiger partial charge is 0.493 e. The highest BCUT2D eigenvalue weighted by Crippen LogP contribution is 2.49. The highest BCUT2D eigenvalue weighted by atomic mass is 16.5. The standard InChI is InChI=1S/C52H61BN2O2/c1-12-18-56-47-17-16-39(20-32(47)3)54-43-21-33(4)48(57-19-13-2)27-42(43)53-41-23-36-30-52(10,11)31-37(36)24-44(41)55(40-15-14-34-28-51(8,9)29-35(34)22-40)46-26-38(50(5,6)7)25-45(54)49(46)53/h14-17,20-27H,12-13,18-19,28-31H2,1-11H3. The number of benzene rings is 5. The van der Waals surface area contributed by atoms with Crippen LogP contribution in [0.2, 0.25) is 0 Å². The number of aryl methyl sites for hydroxylation is 2. The fourth-order valence-corrected chi connectivity index (χ4v) is 10.4. The van der Waals surface area contributed by atoms with Gasteiger partial charge in [0.05, 0.1) is 13.2 Å². The first kappa shape index (κ1) is 37.9. The molecule has 2 aliphatic carbocycles. The van der Waals surface area contributed by atoms with Crippen LogP contribution in [0.15, 0.2) is 72.8 Å². The van der Waals surface area contributed by atoms with Crippen molar-refractivity contribution >= 4 is 57.2 Å². The third kappa shape index (κ3) is 6.44. The molecule has 5 heteroatoms. The molecule has 0 aromatic heterocycles. The molecular weight excluding hydrogens is 695 g/mol. The van der Waals surface area contributed by atoms with Crippen molar-refractivity contribution in [2.45, 2.75) is 120 Å². The molecule has 4 aliphatic rings. The molecule has 0 spiro atoms. The van der Waals surface area contributed by atoms with Crippen LogP contribution in [-0.2, 0) is 31.1 Å². The van der Waals surface area contributed by atoms with E-state index in [1.165, 1.54) is 72.6 Å². The van der Waals surface area contributed by atoms with E-state index in [-0.39, 0.29) is 23.0 Å². The minimum Gasteiger partial charge on any atom is -0.493 e. The second kappa shape index (κ2) is 13.5. The highest BCUT2D eigenvalue weighted by molar-refractivity contribution is 7.00. The first-order chi connectivity index (χ1) is 27.1. The molecular formula is C52H61BN2O2. The van der Waals surface area contributed by atoms with Gasteiger partial charge in [-0.1, -0.05) is 74.4 Å². The summed E-state index contributed by atoms with van der Waals surface area (Å²) in [6.45, 7) is 27.0. The molecule has 294 valence electrons. The minimum atomic E-state index is -0.0790. The molecule has 2 heterocycles. The Hall–Kier alpha value is -4.64. The lowest BCUT2D eigenvalue weighted by atomic mass is 9.33. The van der Waals surface area contributed by atoms with Gasteiger partial charge in [0.15, 0.2) is 0 Å². The fourth-order valence-electron chi connectivity index (χ4n) is 10.4. The Morgan fingerprint density at radius 1 is 0.561 bits per heavy atom. The lowest BCUT2D eigenvalue weighted by Gasteiger charge is -2.45. The Morgan fingerprint density at radius 3 is 1.68 bits per heavy atom. The Kier molecular flexibility index (Phi) is 8.96. The van der Waals surface area contributed by atoms with Gasteiger partial charge in [0, 0.05) is 34.1 Å². The Labute approximate surface area is 342 Å². The molecule has 0 amide bonds. The van der Waals surface area contributed by atoms with Crippen LogP contribution in [-0.4, -0.2) is 19.9 Å². The van der Waals surface area contributed by atoms with Crippen molar-refractivity contribution in [2.75, 3.05) is 23.0 Å². The number of nitrogens with zero attached hydrogens (tertiary/aromatic N) is 2. The minimum absolute atomic E-state index is 0.0433. The zero-order chi connectivity index (χ0) is 40.2. The molecule has 57 heavy (non-hydrogen) atoms. The summed E-state index contributed by atoms with van der Waals surface area (Å²) in [5.74, 6) is 1.94. The molecule has 5 aromatic rings. The van der Waals surface area contributed by atoms with Gasteiger partial charge in [-0.25, -0.2) is 0 Å². The van der Waals surface area contributed by atoms with Crippen molar-refractivity contribution in [3.8, 4) is 11.5 Å². The van der Waals surface area contributed by atoms with E-state index in [2.05, 4.69) is 159 Å². The predicted octanol–water partition coefficient (Wildman–Crippen LogP) is 11.5. The Bertz CT molecular complexity index is 2430. The molecule has 0 N–H and O–H groups in total. The topological polar surface area (TPSA) is 24.9 Å². The van der Waals surface area contributed by atoms with E-state index < -0.39 is 0 Å². The van der Waals surface area contributed by atoms with Crippen LogP contribution in [0.4, 0.5) is 34.1 Å². The molecule has 9 rings (SSSR count). The summed E-state index contributed by atoms with van der Waals surface area (Å²) in [5.41, 5.74) is 21.7. The summed E-state index contributed by atoms with van der Waals surface area (Å²) < 4.78 is 12.8. The molecule has 0 atom stereocenters. The Balaban J connectivity index is 1.37. The number of rotatable bonds is 8. The number of fused-ring (bicyclic) bond motifs is 6. The van der Waals surface area contributed by atoms with Crippen molar-refractivity contribution in [3.05, 3.63) is 112 Å². The van der Waals surface area contributed by atoms with Gasteiger partial charge in [0.2, 0.25) is 0 Å². The van der Waals surface area contributed by atoms with Crippen LogP contribution in [0.5, 0.6) is 11.5 Å². The van der Waals surface area contributed by atoms with Crippen molar-refractivity contribution in [3.63, 3.8) is 0 Å². The second-order valence-electron chi connectivity index (χ2n) is 20.3. The maximum atomic E-state index is 6.55. The maximum Gasteiger partial charge on any atom is 0.252 e. The zero-order valence-electron chi connectivity index (χ0n) is 36.4. The van der Waals surface area contributed by atoms with Gasteiger partial charge >= 0.3 is 0 Å². The fraction of sp³-hybridized carbons (Fsp3) is 0.423. The molecule has 4 nitrogen and oxygen atoms in total. The van der Waals surface area contributed by atoms with Crippen LogP contribution >= 0.6 is 0 Å². The van der Waals surface area contributed by atoms with Gasteiger partial charge in [0.25, 0.3) is 6.71 Å². The first-order valence-electron chi connectivity index (χ1n) is 21.6. The lowest BCUT2D eigenvalue weighted by molar-refractivity contribution is 0.315. The maximum absolute atomic E-state index is 6.55. The number of hydrogen-bond donors (Lipinski definition) is 0. The predicted molar refractivity (Wildman–Crippen MR) is 243 cm³/mol. The van der Waals surface area contributed by atoms with E-state index in [9.17, 15) is 0 Å². The summed E-state index contributed by atoms with van der Waals surface area (Å²) in [4.78, 5) is 5.20. The van der Waals surface area contributed by atoms with E-state index in [1.54, 1.807) is 0 Å². The molecule has 0 bridgehead atoms. The molecule has 5 aromatic carbocycles. The lowest BCUT2D eigenvalue weighted by Crippen LogP contribution is -2.61. The number of ether oxygens (including phenoxy) is 2. The summed E-state index contributed by atoms with van der Waals surface area (Å²) in [6, 6.07) is 29.1. The van der Waals surface area contributed by atoms with Gasteiger partial charge in [-0.2, -0.15) is 0 Å². The molecule has 2 aliphatic heterocycles. The normalized spacial score (nSPS) is 16.9. The zero-order valence-corrected chi connectivity index (χ0v) is 36.4. The number of anilines is 6. The SMILES string of the molecule is CCCOc1ccc(N2c3cc(C)c(OCCC)cc3B3c4cc5c(cc4N(c4ccc6c(c4)CC(C)(C)C6)c4cc(C(C)(C)C)cc2c43)CC(C)(C)C5)cc1C. The third-order valence-electron chi connectivity index (χ3n) is 13.0. The monoisotopic (exact) mass is 756 g/mol. The van der Waals surface area contributed by atoms with E-state index in [1.807, 2.05) is 0 Å². The van der Waals surface area contributed by atoms with E-state index >= 15 is 0 Å². The highest BCUT2D eigenvalue weighted by Gasteiger charge is 2.46. The van der Waals surface area contributed by atoms with Crippen molar-refractivity contribution in [1.29, 1.82) is 0 Å². The Morgan fingerprint density at radius 2 is 1.07 bits per heavy atom. The van der Waals surface area contributed by atoms with Crippen LogP contribution in [0.25, 0.3) is 0 Å². The van der Waals surface area contributed by atoms with Crippen LogP contribution in [0.1, 0.15) is 114 Å². The average Bonchev–Trinajstić information content (AvgIpc) is 3.63. The van der Waals surface area contributed by atoms with Crippen molar-refractivity contribution in [2.24, 2.45) is 10.8 Å². The van der Waals surface area contributed by atoms with Gasteiger partial charge in [-0.05, 0) is 185 Å². The second-order valence-corrected chi connectivity index (χ2v) is 20.3. The molecule has 0 saturated heterocycles. The van der Waals surface area contributed by atoms with E-state index in [0.29, 0.717) is 13.2 Å². The van der Waals surface area contributed by atoms with Crippen LogP contribution < -0.4 is 35.7 Å². The summed E-state index contributed by atoms with van der Waals surface area (Å²) in [7, 11) is 0. The van der Waals surface area contributed by atoms with Gasteiger partial charge in [0.1, 0.15) is 11.5 Å². The molecule has 0 saturated carbocycles. The quantitative estimate of drug-likeness (QED) is 0.144. The van der Waals surface area contributed by atoms with Gasteiger partial charge in [-0.15, -0.1) is 0 Å². The van der Waals surface area contributed by atoms with Crippen molar-refractivity contribution in [1.82, 2.24) is 0 Å². The average molecular weight is 757 g/mol. The van der Waals surface area contributed by atoms with Gasteiger partial charge < -0.3 is 19.3 Å². The third-order valence-corrected chi connectivity index (χ3v) is 13.0. The van der Waals surface area contributed by atoms with Gasteiger partial charge in [-0.3, -0.25) is 0 Å². The molecule has 0 unspecified atom stereocenters. The summed E-state index contributed by atoms with van der Waals surface area (Å²) in [5, 5.41) is 0. The summed E-state index contributed by atoms with van der Waals surface area (Å²) >= 11 is 0. The number of hydrogen-bond acceptors (Lipinski definition) is 4. The molecule has 0 radical (unpaired) electrons.